The predicted octanol–water partition coefficient (Wildman–Crippen LogP) is 8.32. The van der Waals surface area contributed by atoms with Crippen molar-refractivity contribution in [2.24, 2.45) is 12.5 Å². The summed E-state index contributed by atoms with van der Waals surface area (Å²) in [5, 5.41) is 9.88. The number of nitrogens with zero attached hydrogens (tertiary/aromatic N) is 4. The first-order valence-corrected chi connectivity index (χ1v) is 12.5. The van der Waals surface area contributed by atoms with Crippen LogP contribution in [0.2, 0.25) is 0 Å². The van der Waals surface area contributed by atoms with Crippen molar-refractivity contribution in [1.29, 1.82) is 0 Å². The van der Waals surface area contributed by atoms with Gasteiger partial charge in [0, 0.05) is 43.4 Å². The standard InChI is InChI=1S/C33H32N4O/c1-20-14-22(17-33(3,4)5)10-12-24(20)28-16-29(34-18-21(28)2)27-9-7-8-26-25-13-11-23(15-30(25)38-31(26)27)32-36-35-19-37(32)6/h7-16,18-19H,17H2,1-6H3/i1D3,2D3,12D. The van der Waals surface area contributed by atoms with Crippen LogP contribution in [0.3, 0.4) is 0 Å². The Morgan fingerprint density at radius 2 is 1.82 bits per heavy atom. The van der Waals surface area contributed by atoms with Gasteiger partial charge in [0.1, 0.15) is 17.5 Å². The number of aryl methyl sites for hydroxylation is 3. The average molecular weight is 508 g/mol. The lowest BCUT2D eigenvalue weighted by atomic mass is 9.86. The minimum Gasteiger partial charge on any atom is -0.455 e. The summed E-state index contributed by atoms with van der Waals surface area (Å²) >= 11 is 0. The predicted molar refractivity (Wildman–Crippen MR) is 155 cm³/mol. The van der Waals surface area contributed by atoms with Crippen LogP contribution >= 0.6 is 0 Å². The van der Waals surface area contributed by atoms with Crippen molar-refractivity contribution in [1.82, 2.24) is 19.7 Å². The van der Waals surface area contributed by atoms with E-state index in [-0.39, 0.29) is 33.7 Å². The van der Waals surface area contributed by atoms with E-state index < -0.39 is 13.7 Å². The number of fused-ring (bicyclic) bond motifs is 3. The van der Waals surface area contributed by atoms with Gasteiger partial charge in [0.05, 0.1) is 7.06 Å². The number of rotatable bonds is 4. The zero-order valence-electron chi connectivity index (χ0n) is 28.8. The first kappa shape index (κ1) is 17.3. The van der Waals surface area contributed by atoms with Gasteiger partial charge in [-0.05, 0) is 77.6 Å². The number of hydrogen-bond acceptors (Lipinski definition) is 4. The van der Waals surface area contributed by atoms with Crippen molar-refractivity contribution < 1.29 is 14.0 Å². The largest absolute Gasteiger partial charge is 0.455 e. The Morgan fingerprint density at radius 1 is 0.947 bits per heavy atom. The summed E-state index contributed by atoms with van der Waals surface area (Å²) in [6.45, 7) is 0.919. The molecule has 6 aromatic rings. The molecule has 5 nitrogen and oxygen atoms in total. The normalized spacial score (nSPS) is 15.4. The molecule has 0 unspecified atom stereocenters. The zero-order valence-corrected chi connectivity index (χ0v) is 21.8. The molecule has 3 aromatic heterocycles. The third-order valence-electron chi connectivity index (χ3n) is 6.65. The van der Waals surface area contributed by atoms with Crippen LogP contribution in [0.25, 0.3) is 55.7 Å². The van der Waals surface area contributed by atoms with Gasteiger partial charge >= 0.3 is 0 Å². The molecule has 3 heterocycles. The van der Waals surface area contributed by atoms with Crippen molar-refractivity contribution in [2.75, 3.05) is 0 Å². The van der Waals surface area contributed by atoms with Crippen molar-refractivity contribution >= 4 is 21.9 Å². The molecule has 38 heavy (non-hydrogen) atoms. The van der Waals surface area contributed by atoms with Crippen LogP contribution < -0.4 is 0 Å². The topological polar surface area (TPSA) is 56.7 Å². The van der Waals surface area contributed by atoms with Crippen molar-refractivity contribution in [2.45, 2.75) is 40.9 Å². The molecule has 0 N–H and O–H groups in total. The van der Waals surface area contributed by atoms with Crippen LogP contribution in [0, 0.1) is 19.1 Å². The maximum atomic E-state index is 8.97. The maximum absolute atomic E-state index is 8.97. The molecule has 0 saturated heterocycles. The number of pyridine rings is 1. The van der Waals surface area contributed by atoms with Crippen LogP contribution in [0.5, 0.6) is 0 Å². The van der Waals surface area contributed by atoms with Crippen LogP contribution in [-0.4, -0.2) is 19.7 Å². The summed E-state index contributed by atoms with van der Waals surface area (Å²) < 4.78 is 67.0. The second kappa shape index (κ2) is 8.95. The van der Waals surface area contributed by atoms with Gasteiger partial charge in [-0.25, -0.2) is 0 Å². The van der Waals surface area contributed by atoms with Gasteiger partial charge in [-0.2, -0.15) is 0 Å². The van der Waals surface area contributed by atoms with E-state index in [2.05, 4.69) is 15.2 Å². The first-order valence-electron chi connectivity index (χ1n) is 16.0. The molecule has 0 aliphatic heterocycles. The molecule has 3 aromatic carbocycles. The summed E-state index contributed by atoms with van der Waals surface area (Å²) in [6.07, 6.45) is 3.44. The Hall–Kier alpha value is -4.25. The Morgan fingerprint density at radius 3 is 2.58 bits per heavy atom. The molecule has 6 rings (SSSR count). The molecule has 0 fully saturated rings. The fourth-order valence-electron chi connectivity index (χ4n) is 4.97. The third-order valence-corrected chi connectivity index (χ3v) is 6.65. The summed E-state index contributed by atoms with van der Waals surface area (Å²) in [4.78, 5) is 4.54. The summed E-state index contributed by atoms with van der Waals surface area (Å²) in [5.74, 6) is 0.689. The Balaban J connectivity index is 1.58. The molecule has 0 bridgehead atoms. The molecule has 0 aliphatic rings. The third kappa shape index (κ3) is 4.28. The molecular formula is C33H32N4O. The van der Waals surface area contributed by atoms with E-state index in [1.54, 1.807) is 24.5 Å². The number of hydrogen-bond donors (Lipinski definition) is 0. The number of furan rings is 1. The summed E-state index contributed by atoms with van der Waals surface area (Å²) in [6, 6.07) is 16.2. The number of aromatic nitrogens is 4. The van der Waals surface area contributed by atoms with Gasteiger partial charge in [0.2, 0.25) is 0 Å². The minimum atomic E-state index is -2.61. The molecule has 0 amide bonds. The zero-order chi connectivity index (χ0) is 32.5. The molecular weight excluding hydrogens is 468 g/mol. The summed E-state index contributed by atoms with van der Waals surface area (Å²) in [7, 11) is 1.86. The highest BCUT2D eigenvalue weighted by Gasteiger charge is 2.17. The highest BCUT2D eigenvalue weighted by atomic mass is 16.3. The van der Waals surface area contributed by atoms with E-state index in [1.165, 1.54) is 6.20 Å². The van der Waals surface area contributed by atoms with Gasteiger partial charge in [-0.15, -0.1) is 10.2 Å². The van der Waals surface area contributed by atoms with E-state index in [4.69, 9.17) is 14.0 Å². The van der Waals surface area contributed by atoms with Gasteiger partial charge < -0.3 is 8.98 Å². The molecule has 0 aliphatic carbocycles. The van der Waals surface area contributed by atoms with Crippen LogP contribution in [0.4, 0.5) is 0 Å². The first-order chi connectivity index (χ1) is 21.0. The molecule has 5 heteroatoms. The Kier molecular flexibility index (Phi) is 4.07. The molecule has 0 radical (unpaired) electrons. The fraction of sp³-hybridized carbons (Fsp3) is 0.242. The average Bonchev–Trinajstić information content (AvgIpc) is 3.53. The Labute approximate surface area is 233 Å². The SMILES string of the molecule is [2H]c1cc(CC(C)(C)C)cc(C([2H])([2H])[2H])c1-c1cc(-c2cccc3c2oc2cc(-c4nncn4C)ccc23)ncc1C([2H])([2H])[2H]. The van der Waals surface area contributed by atoms with E-state index in [9.17, 15) is 0 Å². The molecule has 0 spiro atoms. The highest BCUT2D eigenvalue weighted by molar-refractivity contribution is 6.10. The lowest BCUT2D eigenvalue weighted by molar-refractivity contribution is 0.411. The van der Waals surface area contributed by atoms with Crippen molar-refractivity contribution in [3.05, 3.63) is 89.9 Å². The number of para-hydroxylation sites is 1. The van der Waals surface area contributed by atoms with Crippen LogP contribution in [0.15, 0.2) is 77.6 Å². The lowest BCUT2D eigenvalue weighted by Gasteiger charge is -2.19. The van der Waals surface area contributed by atoms with Crippen LogP contribution in [-0.2, 0) is 13.5 Å². The highest BCUT2D eigenvalue weighted by Crippen LogP contribution is 2.38. The van der Waals surface area contributed by atoms with E-state index in [0.717, 1.165) is 16.3 Å². The maximum Gasteiger partial charge on any atom is 0.163 e. The number of benzene rings is 3. The van der Waals surface area contributed by atoms with E-state index in [1.807, 2.05) is 68.8 Å². The fourth-order valence-corrected chi connectivity index (χ4v) is 4.97. The van der Waals surface area contributed by atoms with E-state index in [0.29, 0.717) is 40.2 Å². The smallest absolute Gasteiger partial charge is 0.163 e. The van der Waals surface area contributed by atoms with Crippen LogP contribution in [0.1, 0.15) is 47.1 Å². The van der Waals surface area contributed by atoms with Gasteiger partial charge in [0.25, 0.3) is 0 Å². The minimum absolute atomic E-state index is 0.0521. The molecule has 0 saturated carbocycles. The molecule has 0 atom stereocenters. The second-order valence-electron chi connectivity index (χ2n) is 10.9. The molecule has 190 valence electrons. The Bertz CT molecular complexity index is 2080. The van der Waals surface area contributed by atoms with E-state index >= 15 is 0 Å². The quantitative estimate of drug-likeness (QED) is 0.241. The second-order valence-corrected chi connectivity index (χ2v) is 10.9. The van der Waals surface area contributed by atoms with Gasteiger partial charge in [-0.3, -0.25) is 4.98 Å². The van der Waals surface area contributed by atoms with Gasteiger partial charge in [-0.1, -0.05) is 57.1 Å². The lowest BCUT2D eigenvalue weighted by Crippen LogP contribution is -2.09. The summed E-state index contributed by atoms with van der Waals surface area (Å²) in [5.41, 5.74) is 3.58. The monoisotopic (exact) mass is 507 g/mol. The van der Waals surface area contributed by atoms with Crippen molar-refractivity contribution in [3.8, 4) is 33.8 Å². The van der Waals surface area contributed by atoms with Gasteiger partial charge in [0.15, 0.2) is 5.82 Å². The van der Waals surface area contributed by atoms with Crippen molar-refractivity contribution in [3.63, 3.8) is 0 Å².